The fraction of sp³-hybridized carbons (Fsp3) is 0.846. The fourth-order valence-corrected chi connectivity index (χ4v) is 1.83. The van der Waals surface area contributed by atoms with Gasteiger partial charge in [0.1, 0.15) is 5.60 Å². The Morgan fingerprint density at radius 2 is 1.84 bits per heavy atom. The summed E-state index contributed by atoms with van der Waals surface area (Å²) in [5, 5.41) is 6.05. The van der Waals surface area contributed by atoms with Gasteiger partial charge in [0.05, 0.1) is 6.54 Å². The molecule has 1 saturated carbocycles. The van der Waals surface area contributed by atoms with Crippen LogP contribution in [0, 0.1) is 0 Å². The Labute approximate surface area is 113 Å². The lowest BCUT2D eigenvalue weighted by molar-refractivity contribution is -0.120. The summed E-state index contributed by atoms with van der Waals surface area (Å²) >= 11 is 0. The van der Waals surface area contributed by atoms with Gasteiger partial charge in [-0.05, 0) is 33.6 Å². The van der Waals surface area contributed by atoms with Gasteiger partial charge >= 0.3 is 6.09 Å². The second-order valence-corrected chi connectivity index (χ2v) is 6.30. The highest BCUT2D eigenvalue weighted by atomic mass is 16.6. The molecule has 1 saturated heterocycles. The van der Waals surface area contributed by atoms with Crippen LogP contribution in [-0.2, 0) is 9.53 Å². The third kappa shape index (κ3) is 4.70. The third-order valence-corrected chi connectivity index (χ3v) is 3.03. The van der Waals surface area contributed by atoms with Crippen molar-refractivity contribution in [2.45, 2.75) is 51.3 Å². The number of carbonyl (C=O) groups is 2. The first-order valence-electron chi connectivity index (χ1n) is 6.84. The Morgan fingerprint density at radius 3 is 2.37 bits per heavy atom. The molecular formula is C13H23N3O3. The van der Waals surface area contributed by atoms with Crippen molar-refractivity contribution in [2.24, 2.45) is 0 Å². The number of rotatable bonds is 4. The summed E-state index contributed by atoms with van der Waals surface area (Å²) in [6, 6.07) is 0.589. The summed E-state index contributed by atoms with van der Waals surface area (Å²) in [5.41, 5.74) is -0.459. The van der Waals surface area contributed by atoms with Crippen molar-refractivity contribution in [3.8, 4) is 0 Å². The van der Waals surface area contributed by atoms with E-state index in [0.29, 0.717) is 25.7 Å². The number of nitrogens with zero attached hydrogens (tertiary/aromatic N) is 1. The number of hydrogen-bond acceptors (Lipinski definition) is 4. The Bertz CT molecular complexity index is 355. The lowest BCUT2D eigenvalue weighted by Gasteiger charge is -2.40. The highest BCUT2D eigenvalue weighted by Gasteiger charge is 2.33. The molecule has 0 unspecified atom stereocenters. The number of likely N-dealkylation sites (tertiary alicyclic amines) is 1. The van der Waals surface area contributed by atoms with E-state index in [2.05, 4.69) is 10.6 Å². The van der Waals surface area contributed by atoms with Crippen molar-refractivity contribution in [2.75, 3.05) is 19.6 Å². The van der Waals surface area contributed by atoms with Crippen molar-refractivity contribution >= 4 is 12.0 Å². The second kappa shape index (κ2) is 5.36. The molecule has 2 rings (SSSR count). The van der Waals surface area contributed by atoms with Crippen LogP contribution in [0.1, 0.15) is 33.6 Å². The van der Waals surface area contributed by atoms with Crippen LogP contribution < -0.4 is 10.6 Å². The molecule has 0 aromatic heterocycles. The summed E-state index contributed by atoms with van der Waals surface area (Å²) in [6.07, 6.45) is 1.91. The molecule has 108 valence electrons. The summed E-state index contributed by atoms with van der Waals surface area (Å²) in [6.45, 7) is 7.08. The molecule has 0 radical (unpaired) electrons. The van der Waals surface area contributed by atoms with E-state index in [1.165, 1.54) is 0 Å². The van der Waals surface area contributed by atoms with Gasteiger partial charge in [0.25, 0.3) is 0 Å². The lowest BCUT2D eigenvalue weighted by atomic mass is 10.1. The summed E-state index contributed by atoms with van der Waals surface area (Å²) < 4.78 is 5.26. The van der Waals surface area contributed by atoms with Crippen molar-refractivity contribution in [3.63, 3.8) is 0 Å². The predicted octanol–water partition coefficient (Wildman–Crippen LogP) is 0.474. The smallest absolute Gasteiger partial charge is 0.410 e. The average Bonchev–Trinajstić information content (AvgIpc) is 2.95. The number of ether oxygens (including phenoxy) is 1. The van der Waals surface area contributed by atoms with E-state index >= 15 is 0 Å². The van der Waals surface area contributed by atoms with Gasteiger partial charge in [0.2, 0.25) is 5.91 Å². The summed E-state index contributed by atoms with van der Waals surface area (Å²) in [7, 11) is 0. The van der Waals surface area contributed by atoms with Gasteiger partial charge in [-0.15, -0.1) is 0 Å². The van der Waals surface area contributed by atoms with Crippen LogP contribution in [0.4, 0.5) is 4.79 Å². The van der Waals surface area contributed by atoms with Crippen LogP contribution in [0.2, 0.25) is 0 Å². The minimum Gasteiger partial charge on any atom is -0.444 e. The number of nitrogens with one attached hydrogen (secondary N) is 2. The Kier molecular flexibility index (Phi) is 3.99. The maximum atomic E-state index is 11.7. The fourth-order valence-electron chi connectivity index (χ4n) is 1.83. The van der Waals surface area contributed by atoms with Gasteiger partial charge in [-0.25, -0.2) is 4.79 Å². The zero-order valence-corrected chi connectivity index (χ0v) is 11.9. The van der Waals surface area contributed by atoms with Crippen molar-refractivity contribution in [3.05, 3.63) is 0 Å². The first-order chi connectivity index (χ1) is 8.83. The van der Waals surface area contributed by atoms with Crippen molar-refractivity contribution < 1.29 is 14.3 Å². The van der Waals surface area contributed by atoms with Crippen molar-refractivity contribution in [1.29, 1.82) is 0 Å². The van der Waals surface area contributed by atoms with Crippen LogP contribution >= 0.6 is 0 Å². The predicted molar refractivity (Wildman–Crippen MR) is 70.8 cm³/mol. The third-order valence-electron chi connectivity index (χ3n) is 3.03. The van der Waals surface area contributed by atoms with Gasteiger partial charge in [0.15, 0.2) is 0 Å². The molecule has 2 amide bonds. The van der Waals surface area contributed by atoms with Gasteiger partial charge in [-0.3, -0.25) is 4.79 Å². The normalized spacial score (nSPS) is 19.8. The molecule has 2 aliphatic rings. The van der Waals surface area contributed by atoms with E-state index in [-0.39, 0.29) is 18.0 Å². The Hall–Kier alpha value is -1.30. The molecule has 0 spiro atoms. The molecule has 0 atom stereocenters. The second-order valence-electron chi connectivity index (χ2n) is 6.30. The molecule has 19 heavy (non-hydrogen) atoms. The molecule has 0 aromatic carbocycles. The van der Waals surface area contributed by atoms with Crippen LogP contribution in [0.25, 0.3) is 0 Å². The Balaban J connectivity index is 1.57. The minimum absolute atomic E-state index is 0.0400. The molecule has 6 nitrogen and oxygen atoms in total. The molecule has 1 aliphatic heterocycles. The maximum Gasteiger partial charge on any atom is 0.410 e. The van der Waals surface area contributed by atoms with Gasteiger partial charge in [-0.2, -0.15) is 0 Å². The van der Waals surface area contributed by atoms with E-state index < -0.39 is 5.60 Å². The summed E-state index contributed by atoms with van der Waals surface area (Å²) in [4.78, 5) is 24.8. The van der Waals surface area contributed by atoms with Gasteiger partial charge in [0, 0.05) is 25.2 Å². The van der Waals surface area contributed by atoms with Crippen LogP contribution in [-0.4, -0.2) is 54.2 Å². The highest BCUT2D eigenvalue weighted by molar-refractivity contribution is 5.78. The molecular weight excluding hydrogens is 246 g/mol. The molecule has 1 aliphatic carbocycles. The topological polar surface area (TPSA) is 70.7 Å². The summed E-state index contributed by atoms with van der Waals surface area (Å²) in [5.74, 6) is 0.0400. The molecule has 2 N–H and O–H groups in total. The maximum absolute atomic E-state index is 11.7. The Morgan fingerprint density at radius 1 is 1.21 bits per heavy atom. The van der Waals surface area contributed by atoms with Crippen LogP contribution in [0.3, 0.4) is 0 Å². The van der Waals surface area contributed by atoms with E-state index in [9.17, 15) is 9.59 Å². The van der Waals surface area contributed by atoms with E-state index in [1.807, 2.05) is 20.8 Å². The van der Waals surface area contributed by atoms with E-state index in [4.69, 9.17) is 4.74 Å². The van der Waals surface area contributed by atoms with E-state index in [0.717, 1.165) is 12.8 Å². The molecule has 0 bridgehead atoms. The number of amides is 2. The standard InChI is InChI=1S/C13H23N3O3/c1-13(2,3)19-12(18)16-7-10(8-16)14-6-11(17)15-9-4-5-9/h9-10,14H,4-8H2,1-3H3,(H,15,17). The minimum atomic E-state index is -0.459. The monoisotopic (exact) mass is 269 g/mol. The zero-order chi connectivity index (χ0) is 14.0. The van der Waals surface area contributed by atoms with Gasteiger partial charge in [-0.1, -0.05) is 0 Å². The largest absolute Gasteiger partial charge is 0.444 e. The van der Waals surface area contributed by atoms with Crippen LogP contribution in [0.5, 0.6) is 0 Å². The zero-order valence-electron chi connectivity index (χ0n) is 11.9. The molecule has 2 fully saturated rings. The lowest BCUT2D eigenvalue weighted by Crippen LogP contribution is -2.61. The first kappa shape index (κ1) is 14.1. The van der Waals surface area contributed by atoms with E-state index in [1.54, 1.807) is 4.90 Å². The first-order valence-corrected chi connectivity index (χ1v) is 6.84. The number of carbonyl (C=O) groups excluding carboxylic acids is 2. The average molecular weight is 269 g/mol. The van der Waals surface area contributed by atoms with Crippen LogP contribution in [0.15, 0.2) is 0 Å². The van der Waals surface area contributed by atoms with Crippen molar-refractivity contribution in [1.82, 2.24) is 15.5 Å². The quantitative estimate of drug-likeness (QED) is 0.778. The van der Waals surface area contributed by atoms with Gasteiger partial charge < -0.3 is 20.3 Å². The highest BCUT2D eigenvalue weighted by Crippen LogP contribution is 2.18. The SMILES string of the molecule is CC(C)(C)OC(=O)N1CC(NCC(=O)NC2CC2)C1. The molecule has 6 heteroatoms. The molecule has 0 aromatic rings. The molecule has 1 heterocycles. The number of hydrogen-bond donors (Lipinski definition) is 2.